The molecule has 1 aromatic rings. The van der Waals surface area contributed by atoms with Crippen LogP contribution in [-0.4, -0.2) is 26.6 Å². The van der Waals surface area contributed by atoms with Crippen LogP contribution in [0.15, 0.2) is 6.20 Å². The minimum absolute atomic E-state index is 0.145. The zero-order chi connectivity index (χ0) is 8.48. The summed E-state index contributed by atoms with van der Waals surface area (Å²) < 4.78 is 0. The SMILES string of the molecule is Cn1ncc(C(C)(O)CN)n1. The highest BCUT2D eigenvalue weighted by molar-refractivity contribution is 5.04. The first-order chi connectivity index (χ1) is 5.06. The maximum atomic E-state index is 9.57. The van der Waals surface area contributed by atoms with Gasteiger partial charge in [-0.2, -0.15) is 15.0 Å². The molecular weight excluding hydrogens is 144 g/mol. The van der Waals surface area contributed by atoms with Gasteiger partial charge in [0.2, 0.25) is 0 Å². The van der Waals surface area contributed by atoms with Crippen LogP contribution in [0.25, 0.3) is 0 Å². The van der Waals surface area contributed by atoms with Crippen molar-refractivity contribution >= 4 is 0 Å². The van der Waals surface area contributed by atoms with Crippen molar-refractivity contribution in [2.75, 3.05) is 6.54 Å². The van der Waals surface area contributed by atoms with E-state index < -0.39 is 5.60 Å². The highest BCUT2D eigenvalue weighted by Crippen LogP contribution is 2.14. The molecule has 0 aromatic carbocycles. The Morgan fingerprint density at radius 2 is 2.45 bits per heavy atom. The fourth-order valence-corrected chi connectivity index (χ4v) is 0.697. The molecule has 5 nitrogen and oxygen atoms in total. The van der Waals surface area contributed by atoms with Gasteiger partial charge in [-0.05, 0) is 6.92 Å². The molecule has 1 heterocycles. The molecule has 1 unspecified atom stereocenters. The highest BCUT2D eigenvalue weighted by Gasteiger charge is 2.24. The zero-order valence-corrected chi connectivity index (χ0v) is 6.65. The van der Waals surface area contributed by atoms with Gasteiger partial charge in [-0.1, -0.05) is 0 Å². The van der Waals surface area contributed by atoms with Crippen molar-refractivity contribution in [1.29, 1.82) is 0 Å². The molecule has 1 aromatic heterocycles. The van der Waals surface area contributed by atoms with Crippen LogP contribution >= 0.6 is 0 Å². The van der Waals surface area contributed by atoms with Crippen molar-refractivity contribution < 1.29 is 5.11 Å². The maximum absolute atomic E-state index is 9.57. The second kappa shape index (κ2) is 2.60. The van der Waals surface area contributed by atoms with E-state index in [0.29, 0.717) is 5.69 Å². The number of hydrogen-bond acceptors (Lipinski definition) is 4. The lowest BCUT2D eigenvalue weighted by molar-refractivity contribution is 0.0616. The van der Waals surface area contributed by atoms with E-state index in [1.807, 2.05) is 0 Å². The lowest BCUT2D eigenvalue weighted by Crippen LogP contribution is -2.31. The maximum Gasteiger partial charge on any atom is 0.119 e. The van der Waals surface area contributed by atoms with Crippen LogP contribution in [0.4, 0.5) is 0 Å². The summed E-state index contributed by atoms with van der Waals surface area (Å²) >= 11 is 0. The molecule has 0 radical (unpaired) electrons. The molecule has 0 amide bonds. The Kier molecular flexibility index (Phi) is 1.92. The molecule has 62 valence electrons. The van der Waals surface area contributed by atoms with Crippen molar-refractivity contribution in [3.8, 4) is 0 Å². The van der Waals surface area contributed by atoms with Gasteiger partial charge in [0.25, 0.3) is 0 Å². The molecule has 0 saturated heterocycles. The molecular formula is C6H12N4O. The largest absolute Gasteiger partial charge is 0.382 e. The summed E-state index contributed by atoms with van der Waals surface area (Å²) in [7, 11) is 1.69. The molecule has 11 heavy (non-hydrogen) atoms. The Labute approximate surface area is 64.8 Å². The molecule has 0 bridgehead atoms. The third kappa shape index (κ3) is 1.55. The molecule has 1 atom stereocenters. The zero-order valence-electron chi connectivity index (χ0n) is 6.65. The van der Waals surface area contributed by atoms with Crippen LogP contribution in [0.5, 0.6) is 0 Å². The molecule has 0 aliphatic carbocycles. The second-order valence-corrected chi connectivity index (χ2v) is 2.70. The van der Waals surface area contributed by atoms with E-state index in [9.17, 15) is 5.11 Å². The van der Waals surface area contributed by atoms with Gasteiger partial charge in [0.05, 0.1) is 6.20 Å². The number of rotatable bonds is 2. The fraction of sp³-hybridized carbons (Fsp3) is 0.667. The van der Waals surface area contributed by atoms with Crippen LogP contribution in [0.1, 0.15) is 12.6 Å². The Hall–Kier alpha value is -0.940. The lowest BCUT2D eigenvalue weighted by Gasteiger charge is -2.16. The van der Waals surface area contributed by atoms with E-state index >= 15 is 0 Å². The Balaban J connectivity index is 2.92. The summed E-state index contributed by atoms with van der Waals surface area (Å²) in [5, 5.41) is 17.3. The summed E-state index contributed by atoms with van der Waals surface area (Å²) in [6, 6.07) is 0. The summed E-state index contributed by atoms with van der Waals surface area (Å²) in [6.07, 6.45) is 1.51. The van der Waals surface area contributed by atoms with E-state index in [2.05, 4.69) is 10.2 Å². The van der Waals surface area contributed by atoms with Crippen molar-refractivity contribution in [3.63, 3.8) is 0 Å². The molecule has 1 rings (SSSR count). The van der Waals surface area contributed by atoms with Crippen LogP contribution < -0.4 is 5.73 Å². The Bertz CT molecular complexity index is 242. The minimum Gasteiger partial charge on any atom is -0.382 e. The van der Waals surface area contributed by atoms with Crippen LogP contribution in [0, 0.1) is 0 Å². The average Bonchev–Trinajstić information content (AvgIpc) is 2.36. The van der Waals surface area contributed by atoms with Gasteiger partial charge in [-0.25, -0.2) is 0 Å². The third-order valence-electron chi connectivity index (χ3n) is 1.55. The number of aliphatic hydroxyl groups is 1. The lowest BCUT2D eigenvalue weighted by atomic mass is 10.0. The van der Waals surface area contributed by atoms with Gasteiger partial charge in [0, 0.05) is 13.6 Å². The van der Waals surface area contributed by atoms with E-state index in [1.165, 1.54) is 11.0 Å². The van der Waals surface area contributed by atoms with Gasteiger partial charge >= 0.3 is 0 Å². The highest BCUT2D eigenvalue weighted by atomic mass is 16.3. The van der Waals surface area contributed by atoms with Crippen molar-refractivity contribution in [1.82, 2.24) is 15.0 Å². The molecule has 0 spiro atoms. The summed E-state index contributed by atoms with van der Waals surface area (Å²) in [6.45, 7) is 1.75. The molecule has 0 aliphatic heterocycles. The first-order valence-corrected chi connectivity index (χ1v) is 3.35. The molecule has 0 saturated carbocycles. The first-order valence-electron chi connectivity index (χ1n) is 3.35. The van der Waals surface area contributed by atoms with E-state index in [-0.39, 0.29) is 6.54 Å². The predicted molar refractivity (Wildman–Crippen MR) is 39.6 cm³/mol. The number of aromatic nitrogens is 3. The molecule has 0 fully saturated rings. The average molecular weight is 156 g/mol. The molecule has 3 N–H and O–H groups in total. The Morgan fingerprint density at radius 3 is 2.82 bits per heavy atom. The van der Waals surface area contributed by atoms with Gasteiger partial charge in [-0.3, -0.25) is 0 Å². The quantitative estimate of drug-likeness (QED) is 0.574. The van der Waals surface area contributed by atoms with Crippen molar-refractivity contribution in [3.05, 3.63) is 11.9 Å². The van der Waals surface area contributed by atoms with Crippen LogP contribution in [0.2, 0.25) is 0 Å². The van der Waals surface area contributed by atoms with Gasteiger partial charge in [-0.15, -0.1) is 0 Å². The summed E-state index contributed by atoms with van der Waals surface area (Å²) in [4.78, 5) is 1.39. The van der Waals surface area contributed by atoms with E-state index in [1.54, 1.807) is 14.0 Å². The number of aryl methyl sites for hydroxylation is 1. The third-order valence-corrected chi connectivity index (χ3v) is 1.55. The minimum atomic E-state index is -1.06. The monoisotopic (exact) mass is 156 g/mol. The number of nitrogens with two attached hydrogens (primary N) is 1. The van der Waals surface area contributed by atoms with Crippen LogP contribution in [0.3, 0.4) is 0 Å². The molecule has 5 heteroatoms. The van der Waals surface area contributed by atoms with E-state index in [0.717, 1.165) is 0 Å². The number of hydrogen-bond donors (Lipinski definition) is 2. The summed E-state index contributed by atoms with van der Waals surface area (Å²) in [5.74, 6) is 0. The molecule has 0 aliphatic rings. The smallest absolute Gasteiger partial charge is 0.119 e. The normalized spacial score (nSPS) is 16.4. The second-order valence-electron chi connectivity index (χ2n) is 2.70. The fourth-order valence-electron chi connectivity index (χ4n) is 0.697. The van der Waals surface area contributed by atoms with E-state index in [4.69, 9.17) is 5.73 Å². The van der Waals surface area contributed by atoms with Crippen LogP contribution in [-0.2, 0) is 12.6 Å². The standard InChI is InChI=1S/C6H12N4O/c1-6(11,4-7)5-3-8-10(2)9-5/h3,11H,4,7H2,1-2H3. The van der Waals surface area contributed by atoms with Gasteiger partial charge in [0.15, 0.2) is 0 Å². The van der Waals surface area contributed by atoms with Gasteiger partial charge < -0.3 is 10.8 Å². The topological polar surface area (TPSA) is 77.0 Å². The predicted octanol–water partition coefficient (Wildman–Crippen LogP) is -1.02. The number of nitrogens with zero attached hydrogens (tertiary/aromatic N) is 3. The van der Waals surface area contributed by atoms with Gasteiger partial charge in [0.1, 0.15) is 11.3 Å². The first kappa shape index (κ1) is 8.16. The van der Waals surface area contributed by atoms with Crippen molar-refractivity contribution in [2.45, 2.75) is 12.5 Å². The van der Waals surface area contributed by atoms with Crippen molar-refractivity contribution in [2.24, 2.45) is 12.8 Å². The Morgan fingerprint density at radius 1 is 1.82 bits per heavy atom. The summed E-state index contributed by atoms with van der Waals surface area (Å²) in [5.41, 5.74) is 4.76.